The standard InChI is InChI=1S/C14H13F3N6/c1-22(9-7-10-4-2-3-8-18-10)12-6-5-11-19-20-13(14(15,16)17)23(11)21-12/h2-6,8H,7,9H2,1H3. The van der Waals surface area contributed by atoms with Crippen LogP contribution in [0.25, 0.3) is 5.65 Å². The van der Waals surface area contributed by atoms with Gasteiger partial charge in [-0.1, -0.05) is 6.07 Å². The van der Waals surface area contributed by atoms with Gasteiger partial charge in [0, 0.05) is 31.9 Å². The molecule has 3 heterocycles. The number of pyridine rings is 1. The molecule has 0 N–H and O–H groups in total. The summed E-state index contributed by atoms with van der Waals surface area (Å²) in [5.41, 5.74) is 0.958. The molecular weight excluding hydrogens is 309 g/mol. The van der Waals surface area contributed by atoms with Crippen LogP contribution in [0.1, 0.15) is 11.5 Å². The Morgan fingerprint density at radius 1 is 1.13 bits per heavy atom. The molecule has 0 aromatic carbocycles. The molecular formula is C14H13F3N6. The predicted octanol–water partition coefficient (Wildman–Crippen LogP) is 2.22. The van der Waals surface area contributed by atoms with Crippen molar-refractivity contribution in [2.45, 2.75) is 12.6 Å². The fourth-order valence-electron chi connectivity index (χ4n) is 2.10. The highest BCUT2D eigenvalue weighted by Crippen LogP contribution is 2.27. The van der Waals surface area contributed by atoms with Gasteiger partial charge in [0.15, 0.2) is 5.65 Å². The molecule has 0 bridgehead atoms. The molecule has 0 aliphatic heterocycles. The Balaban J connectivity index is 1.82. The molecule has 0 aliphatic carbocycles. The van der Waals surface area contributed by atoms with E-state index in [0.29, 0.717) is 23.3 Å². The third-order valence-corrected chi connectivity index (χ3v) is 3.32. The molecule has 0 amide bonds. The van der Waals surface area contributed by atoms with Crippen molar-refractivity contribution >= 4 is 11.5 Å². The highest BCUT2D eigenvalue weighted by atomic mass is 19.4. The Morgan fingerprint density at radius 3 is 2.65 bits per heavy atom. The van der Waals surface area contributed by atoms with Crippen molar-refractivity contribution in [3.63, 3.8) is 0 Å². The van der Waals surface area contributed by atoms with Gasteiger partial charge in [0.2, 0.25) is 0 Å². The summed E-state index contributed by atoms with van der Waals surface area (Å²) >= 11 is 0. The summed E-state index contributed by atoms with van der Waals surface area (Å²) in [7, 11) is 1.76. The maximum absolute atomic E-state index is 12.9. The van der Waals surface area contributed by atoms with Gasteiger partial charge in [-0.05, 0) is 24.3 Å². The van der Waals surface area contributed by atoms with E-state index in [1.807, 2.05) is 18.2 Å². The Hall–Kier alpha value is -2.71. The highest BCUT2D eigenvalue weighted by Gasteiger charge is 2.37. The second-order valence-electron chi connectivity index (χ2n) is 4.98. The van der Waals surface area contributed by atoms with Crippen molar-refractivity contribution < 1.29 is 13.2 Å². The average Bonchev–Trinajstić information content (AvgIpc) is 2.96. The zero-order valence-electron chi connectivity index (χ0n) is 12.2. The summed E-state index contributed by atoms with van der Waals surface area (Å²) in [5, 5.41) is 10.6. The molecule has 0 spiro atoms. The number of fused-ring (bicyclic) bond motifs is 1. The number of rotatable bonds is 4. The number of anilines is 1. The van der Waals surface area contributed by atoms with E-state index < -0.39 is 12.0 Å². The summed E-state index contributed by atoms with van der Waals surface area (Å²) in [4.78, 5) is 5.97. The molecule has 120 valence electrons. The van der Waals surface area contributed by atoms with Gasteiger partial charge in [-0.2, -0.15) is 17.7 Å². The van der Waals surface area contributed by atoms with Crippen molar-refractivity contribution in [3.05, 3.63) is 48.0 Å². The molecule has 0 saturated carbocycles. The van der Waals surface area contributed by atoms with Gasteiger partial charge in [0.05, 0.1) is 0 Å². The summed E-state index contributed by atoms with van der Waals surface area (Å²) in [6, 6.07) is 8.68. The lowest BCUT2D eigenvalue weighted by Crippen LogP contribution is -2.23. The first kappa shape index (κ1) is 15.2. The van der Waals surface area contributed by atoms with E-state index in [2.05, 4.69) is 20.3 Å². The molecule has 0 saturated heterocycles. The maximum Gasteiger partial charge on any atom is 0.453 e. The van der Waals surface area contributed by atoms with Gasteiger partial charge in [-0.3, -0.25) is 4.98 Å². The second-order valence-corrected chi connectivity index (χ2v) is 4.98. The minimum absolute atomic E-state index is 0.0548. The third-order valence-electron chi connectivity index (χ3n) is 3.32. The van der Waals surface area contributed by atoms with Gasteiger partial charge in [0.1, 0.15) is 5.82 Å². The van der Waals surface area contributed by atoms with Crippen LogP contribution >= 0.6 is 0 Å². The van der Waals surface area contributed by atoms with Crippen molar-refractivity contribution in [2.75, 3.05) is 18.5 Å². The molecule has 0 atom stereocenters. The number of aromatic nitrogens is 5. The Morgan fingerprint density at radius 2 is 1.96 bits per heavy atom. The van der Waals surface area contributed by atoms with E-state index in [0.717, 1.165) is 5.69 Å². The zero-order valence-corrected chi connectivity index (χ0v) is 12.2. The molecule has 3 aromatic heterocycles. The number of halogens is 3. The van der Waals surface area contributed by atoms with Gasteiger partial charge in [-0.15, -0.1) is 15.3 Å². The molecule has 23 heavy (non-hydrogen) atoms. The van der Waals surface area contributed by atoms with E-state index >= 15 is 0 Å². The van der Waals surface area contributed by atoms with Gasteiger partial charge in [0.25, 0.3) is 5.82 Å². The predicted molar refractivity (Wildman–Crippen MR) is 77.0 cm³/mol. The summed E-state index contributed by atoms with van der Waals surface area (Å²) in [6.45, 7) is 0.568. The van der Waals surface area contributed by atoms with Crippen LogP contribution in [0, 0.1) is 0 Å². The van der Waals surface area contributed by atoms with E-state index in [1.165, 1.54) is 6.07 Å². The molecule has 3 rings (SSSR count). The van der Waals surface area contributed by atoms with Gasteiger partial charge < -0.3 is 4.90 Å². The molecule has 0 aliphatic rings. The van der Waals surface area contributed by atoms with E-state index in [9.17, 15) is 13.2 Å². The van der Waals surface area contributed by atoms with Crippen molar-refractivity contribution in [1.29, 1.82) is 0 Å². The summed E-state index contributed by atoms with van der Waals surface area (Å²) in [6.07, 6.45) is -2.24. The van der Waals surface area contributed by atoms with E-state index in [1.54, 1.807) is 24.2 Å². The van der Waals surface area contributed by atoms with E-state index in [4.69, 9.17) is 0 Å². The quantitative estimate of drug-likeness (QED) is 0.737. The van der Waals surface area contributed by atoms with Crippen LogP contribution in [-0.2, 0) is 12.6 Å². The number of hydrogen-bond acceptors (Lipinski definition) is 5. The van der Waals surface area contributed by atoms with Crippen molar-refractivity contribution in [1.82, 2.24) is 24.8 Å². The lowest BCUT2D eigenvalue weighted by atomic mass is 10.2. The molecule has 3 aromatic rings. The average molecular weight is 322 g/mol. The monoisotopic (exact) mass is 322 g/mol. The first-order valence-corrected chi connectivity index (χ1v) is 6.86. The number of hydrogen-bond donors (Lipinski definition) is 0. The van der Waals surface area contributed by atoms with Crippen LogP contribution in [0.4, 0.5) is 19.0 Å². The van der Waals surface area contributed by atoms with Crippen LogP contribution < -0.4 is 4.90 Å². The minimum Gasteiger partial charge on any atom is -0.358 e. The third kappa shape index (κ3) is 3.22. The molecule has 9 heteroatoms. The SMILES string of the molecule is CN(CCc1ccccn1)c1ccc2nnc(C(F)(F)F)n2n1. The molecule has 6 nitrogen and oxygen atoms in total. The molecule has 0 radical (unpaired) electrons. The van der Waals surface area contributed by atoms with Crippen LogP contribution in [0.2, 0.25) is 0 Å². The smallest absolute Gasteiger partial charge is 0.358 e. The first-order chi connectivity index (χ1) is 10.9. The fourth-order valence-corrected chi connectivity index (χ4v) is 2.10. The fraction of sp³-hybridized carbons (Fsp3) is 0.286. The van der Waals surface area contributed by atoms with Crippen LogP contribution in [0.3, 0.4) is 0 Å². The largest absolute Gasteiger partial charge is 0.453 e. The molecule has 0 fully saturated rings. The minimum atomic E-state index is -4.60. The van der Waals surface area contributed by atoms with Crippen LogP contribution in [0.15, 0.2) is 36.5 Å². The first-order valence-electron chi connectivity index (χ1n) is 6.86. The van der Waals surface area contributed by atoms with Gasteiger partial charge in [-0.25, -0.2) is 0 Å². The maximum atomic E-state index is 12.9. The van der Waals surface area contributed by atoms with Gasteiger partial charge >= 0.3 is 6.18 Å². The van der Waals surface area contributed by atoms with Crippen LogP contribution in [-0.4, -0.2) is 38.4 Å². The van der Waals surface area contributed by atoms with Crippen LogP contribution in [0.5, 0.6) is 0 Å². The Kier molecular flexibility index (Phi) is 3.85. The number of alkyl halides is 3. The van der Waals surface area contributed by atoms with E-state index in [-0.39, 0.29) is 5.65 Å². The Bertz CT molecular complexity index is 799. The number of likely N-dealkylation sites (N-methyl/N-ethyl adjacent to an activating group) is 1. The lowest BCUT2D eigenvalue weighted by molar-refractivity contribution is -0.146. The topological polar surface area (TPSA) is 59.2 Å². The van der Waals surface area contributed by atoms with Crippen molar-refractivity contribution in [2.24, 2.45) is 0 Å². The summed E-state index contributed by atoms with van der Waals surface area (Å²) < 4.78 is 39.3. The highest BCUT2D eigenvalue weighted by molar-refractivity contribution is 5.45. The normalized spacial score (nSPS) is 11.8. The van der Waals surface area contributed by atoms with Crippen molar-refractivity contribution in [3.8, 4) is 0 Å². The lowest BCUT2D eigenvalue weighted by Gasteiger charge is -2.17. The second kappa shape index (κ2) is 5.82. The molecule has 0 unspecified atom stereocenters. The Labute approximate surface area is 129 Å². The summed E-state index contributed by atoms with van der Waals surface area (Å²) in [5.74, 6) is -0.730. The zero-order chi connectivity index (χ0) is 16.4. The number of nitrogens with zero attached hydrogens (tertiary/aromatic N) is 6.